The molecule has 128 valence electrons. The van der Waals surface area contributed by atoms with Crippen LogP contribution in [0.15, 0.2) is 35.7 Å². The third-order valence-electron chi connectivity index (χ3n) is 4.42. The standard InChI is InChI=1S/C19H20N4OS/c1-4-23-19(21-17(22-23)11-14-6-5-9-25-14)18-12(2)15-10-13(24-3)7-8-16(15)20-18/h5-10,20H,4,11H2,1-3H3. The highest BCUT2D eigenvalue weighted by atomic mass is 32.1. The van der Waals surface area contributed by atoms with Gasteiger partial charge in [0, 0.05) is 28.7 Å². The number of aromatic nitrogens is 4. The van der Waals surface area contributed by atoms with Crippen LogP contribution in [0.2, 0.25) is 0 Å². The number of nitrogens with one attached hydrogen (secondary N) is 1. The van der Waals surface area contributed by atoms with Crippen LogP contribution in [0.3, 0.4) is 0 Å². The Kier molecular flexibility index (Phi) is 4.05. The van der Waals surface area contributed by atoms with Gasteiger partial charge in [0.1, 0.15) is 5.75 Å². The second-order valence-electron chi connectivity index (χ2n) is 5.96. The average Bonchev–Trinajstić information content (AvgIpc) is 3.34. The molecule has 0 aliphatic carbocycles. The zero-order valence-corrected chi connectivity index (χ0v) is 15.4. The smallest absolute Gasteiger partial charge is 0.175 e. The van der Waals surface area contributed by atoms with E-state index in [-0.39, 0.29) is 0 Å². The highest BCUT2D eigenvalue weighted by molar-refractivity contribution is 7.09. The predicted octanol–water partition coefficient (Wildman–Crippen LogP) is 4.42. The number of aryl methyl sites for hydroxylation is 2. The lowest BCUT2D eigenvalue weighted by Gasteiger charge is -2.01. The zero-order chi connectivity index (χ0) is 17.4. The normalized spacial score (nSPS) is 11.3. The summed E-state index contributed by atoms with van der Waals surface area (Å²) in [7, 11) is 1.69. The van der Waals surface area contributed by atoms with Crippen molar-refractivity contribution >= 4 is 22.2 Å². The van der Waals surface area contributed by atoms with Gasteiger partial charge in [-0.1, -0.05) is 6.07 Å². The minimum atomic E-state index is 0.769. The molecule has 5 nitrogen and oxygen atoms in total. The third kappa shape index (κ3) is 2.82. The van der Waals surface area contributed by atoms with Crippen molar-refractivity contribution in [2.75, 3.05) is 7.11 Å². The number of methoxy groups -OCH3 is 1. The maximum absolute atomic E-state index is 5.35. The van der Waals surface area contributed by atoms with Gasteiger partial charge in [-0.2, -0.15) is 5.10 Å². The van der Waals surface area contributed by atoms with Gasteiger partial charge in [0.15, 0.2) is 11.6 Å². The molecule has 25 heavy (non-hydrogen) atoms. The van der Waals surface area contributed by atoms with E-state index in [0.29, 0.717) is 0 Å². The van der Waals surface area contributed by atoms with Crippen LogP contribution in [0, 0.1) is 6.92 Å². The second kappa shape index (κ2) is 6.37. The molecule has 0 fully saturated rings. The quantitative estimate of drug-likeness (QED) is 0.578. The van der Waals surface area contributed by atoms with Crippen LogP contribution >= 0.6 is 11.3 Å². The van der Waals surface area contributed by atoms with Crippen LogP contribution in [-0.4, -0.2) is 26.9 Å². The van der Waals surface area contributed by atoms with Crippen LogP contribution in [0.5, 0.6) is 5.75 Å². The summed E-state index contributed by atoms with van der Waals surface area (Å²) in [6.07, 6.45) is 0.769. The number of hydrogen-bond acceptors (Lipinski definition) is 4. The van der Waals surface area contributed by atoms with Crippen LogP contribution in [0.1, 0.15) is 23.2 Å². The van der Waals surface area contributed by atoms with Gasteiger partial charge in [-0.25, -0.2) is 9.67 Å². The van der Waals surface area contributed by atoms with Gasteiger partial charge >= 0.3 is 0 Å². The first-order chi connectivity index (χ1) is 12.2. The van der Waals surface area contributed by atoms with Gasteiger partial charge in [0.25, 0.3) is 0 Å². The first-order valence-electron chi connectivity index (χ1n) is 8.32. The number of H-pyrrole nitrogens is 1. The molecule has 0 aliphatic heterocycles. The first-order valence-corrected chi connectivity index (χ1v) is 9.20. The van der Waals surface area contributed by atoms with Crippen molar-refractivity contribution in [1.82, 2.24) is 19.7 Å². The van der Waals surface area contributed by atoms with Gasteiger partial charge in [0.2, 0.25) is 0 Å². The third-order valence-corrected chi connectivity index (χ3v) is 5.29. The topological polar surface area (TPSA) is 55.7 Å². The van der Waals surface area contributed by atoms with Crippen molar-refractivity contribution in [3.05, 3.63) is 52.0 Å². The van der Waals surface area contributed by atoms with Gasteiger partial charge in [-0.15, -0.1) is 11.3 Å². The maximum Gasteiger partial charge on any atom is 0.175 e. The molecule has 0 atom stereocenters. The predicted molar refractivity (Wildman–Crippen MR) is 101 cm³/mol. The number of thiophene rings is 1. The van der Waals surface area contributed by atoms with E-state index in [1.165, 1.54) is 10.4 Å². The maximum atomic E-state index is 5.35. The summed E-state index contributed by atoms with van der Waals surface area (Å²) in [6.45, 7) is 4.99. The summed E-state index contributed by atoms with van der Waals surface area (Å²) in [6, 6.07) is 10.3. The van der Waals surface area contributed by atoms with Crippen molar-refractivity contribution in [3.63, 3.8) is 0 Å². The van der Waals surface area contributed by atoms with Crippen molar-refractivity contribution in [2.45, 2.75) is 26.8 Å². The molecule has 0 spiro atoms. The highest BCUT2D eigenvalue weighted by Crippen LogP contribution is 2.31. The van der Waals surface area contributed by atoms with Crippen LogP contribution in [0.25, 0.3) is 22.4 Å². The van der Waals surface area contributed by atoms with Crippen LogP contribution in [-0.2, 0) is 13.0 Å². The Morgan fingerprint density at radius 1 is 1.28 bits per heavy atom. The molecule has 4 aromatic rings. The molecule has 6 heteroatoms. The van der Waals surface area contributed by atoms with E-state index in [4.69, 9.17) is 14.8 Å². The number of benzene rings is 1. The SMILES string of the molecule is CCn1nc(Cc2cccs2)nc1-c1[nH]c2ccc(OC)cc2c1C. The van der Waals surface area contributed by atoms with E-state index in [1.54, 1.807) is 18.4 Å². The lowest BCUT2D eigenvalue weighted by molar-refractivity contribution is 0.415. The lowest BCUT2D eigenvalue weighted by Crippen LogP contribution is -2.00. The number of ether oxygens (including phenoxy) is 1. The van der Waals surface area contributed by atoms with Gasteiger partial charge in [-0.05, 0) is 49.1 Å². The van der Waals surface area contributed by atoms with Gasteiger partial charge in [-0.3, -0.25) is 0 Å². The number of hydrogen-bond donors (Lipinski definition) is 1. The molecule has 0 bridgehead atoms. The van der Waals surface area contributed by atoms with E-state index in [0.717, 1.165) is 47.0 Å². The van der Waals surface area contributed by atoms with E-state index in [2.05, 4.69) is 42.4 Å². The van der Waals surface area contributed by atoms with E-state index < -0.39 is 0 Å². The van der Waals surface area contributed by atoms with E-state index in [9.17, 15) is 0 Å². The molecular weight excluding hydrogens is 332 g/mol. The Hall–Kier alpha value is -2.60. The molecule has 0 saturated carbocycles. The van der Waals surface area contributed by atoms with Crippen molar-refractivity contribution < 1.29 is 4.74 Å². The number of fused-ring (bicyclic) bond motifs is 1. The Bertz CT molecular complexity index is 1010. The van der Waals surface area contributed by atoms with Gasteiger partial charge in [0.05, 0.1) is 12.8 Å². The first kappa shape index (κ1) is 15.9. The molecule has 0 aliphatic rings. The molecule has 4 rings (SSSR count). The van der Waals surface area contributed by atoms with Crippen molar-refractivity contribution in [3.8, 4) is 17.3 Å². The molecule has 0 saturated heterocycles. The molecule has 1 aromatic carbocycles. The fourth-order valence-corrected chi connectivity index (χ4v) is 3.80. The largest absolute Gasteiger partial charge is 0.497 e. The number of nitrogens with zero attached hydrogens (tertiary/aromatic N) is 3. The lowest BCUT2D eigenvalue weighted by atomic mass is 10.1. The number of aromatic amines is 1. The Balaban J connectivity index is 1.79. The summed E-state index contributed by atoms with van der Waals surface area (Å²) >= 11 is 1.74. The summed E-state index contributed by atoms with van der Waals surface area (Å²) < 4.78 is 7.32. The second-order valence-corrected chi connectivity index (χ2v) is 6.99. The fraction of sp³-hybridized carbons (Fsp3) is 0.263. The van der Waals surface area contributed by atoms with Crippen LogP contribution < -0.4 is 4.74 Å². The molecule has 0 unspecified atom stereocenters. The summed E-state index contributed by atoms with van der Waals surface area (Å²) in [5.41, 5.74) is 3.27. The van der Waals surface area contributed by atoms with E-state index in [1.807, 2.05) is 16.8 Å². The minimum absolute atomic E-state index is 0.769. The van der Waals surface area contributed by atoms with Gasteiger partial charge < -0.3 is 9.72 Å². The molecule has 0 radical (unpaired) electrons. The molecule has 3 heterocycles. The highest BCUT2D eigenvalue weighted by Gasteiger charge is 2.17. The summed E-state index contributed by atoms with van der Waals surface area (Å²) in [5, 5.41) is 7.93. The Labute approximate surface area is 150 Å². The summed E-state index contributed by atoms with van der Waals surface area (Å²) in [4.78, 5) is 9.60. The summed E-state index contributed by atoms with van der Waals surface area (Å²) in [5.74, 6) is 2.60. The molecule has 3 aromatic heterocycles. The minimum Gasteiger partial charge on any atom is -0.497 e. The fourth-order valence-electron chi connectivity index (χ4n) is 3.09. The Morgan fingerprint density at radius 3 is 2.88 bits per heavy atom. The van der Waals surface area contributed by atoms with Crippen LogP contribution in [0.4, 0.5) is 0 Å². The zero-order valence-electron chi connectivity index (χ0n) is 14.5. The molecular formula is C19H20N4OS. The van der Waals surface area contributed by atoms with E-state index >= 15 is 0 Å². The number of rotatable bonds is 5. The monoisotopic (exact) mass is 352 g/mol. The Morgan fingerprint density at radius 2 is 2.16 bits per heavy atom. The van der Waals surface area contributed by atoms with Crippen molar-refractivity contribution in [1.29, 1.82) is 0 Å². The van der Waals surface area contributed by atoms with Crippen molar-refractivity contribution in [2.24, 2.45) is 0 Å². The molecule has 0 amide bonds. The average molecular weight is 352 g/mol. The molecule has 1 N–H and O–H groups in total.